The van der Waals surface area contributed by atoms with E-state index in [1.54, 1.807) is 0 Å². The zero-order chi connectivity index (χ0) is 11.3. The average molecular weight is 215 g/mol. The number of hydrogen-bond acceptors (Lipinski definition) is 4. The van der Waals surface area contributed by atoms with Crippen molar-refractivity contribution in [2.45, 2.75) is 38.8 Å². The minimum Gasteiger partial charge on any atom is -0.409 e. The molecule has 0 spiro atoms. The van der Waals surface area contributed by atoms with E-state index in [0.717, 1.165) is 19.6 Å². The van der Waals surface area contributed by atoms with Crippen LogP contribution in [0.5, 0.6) is 0 Å². The topological polar surface area (TPSA) is 79.9 Å². The number of ether oxygens (including phenoxy) is 1. The molecule has 1 saturated heterocycles. The van der Waals surface area contributed by atoms with E-state index in [9.17, 15) is 0 Å². The first-order chi connectivity index (χ1) is 7.13. The summed E-state index contributed by atoms with van der Waals surface area (Å²) in [7, 11) is 0. The Labute approximate surface area is 90.7 Å². The van der Waals surface area contributed by atoms with Crippen LogP contribution in [0.15, 0.2) is 5.16 Å². The molecule has 1 fully saturated rings. The smallest absolute Gasteiger partial charge is 0.140 e. The first kappa shape index (κ1) is 12.3. The predicted molar refractivity (Wildman–Crippen MR) is 59.0 cm³/mol. The molecule has 5 heteroatoms. The van der Waals surface area contributed by atoms with E-state index in [1.165, 1.54) is 0 Å². The highest BCUT2D eigenvalue weighted by Gasteiger charge is 2.24. The molecule has 5 nitrogen and oxygen atoms in total. The first-order valence-electron chi connectivity index (χ1n) is 5.45. The van der Waals surface area contributed by atoms with Crippen molar-refractivity contribution in [1.82, 2.24) is 5.32 Å². The molecular formula is C10H21N3O2. The van der Waals surface area contributed by atoms with Gasteiger partial charge in [-0.15, -0.1) is 0 Å². The molecule has 0 aliphatic carbocycles. The summed E-state index contributed by atoms with van der Waals surface area (Å²) >= 11 is 0. The molecule has 15 heavy (non-hydrogen) atoms. The Hall–Kier alpha value is -0.810. The highest BCUT2D eigenvalue weighted by molar-refractivity contribution is 5.80. The molecule has 0 aromatic heterocycles. The summed E-state index contributed by atoms with van der Waals surface area (Å²) in [6.45, 7) is 5.93. The maximum Gasteiger partial charge on any atom is 0.140 e. The van der Waals surface area contributed by atoms with Gasteiger partial charge in [-0.05, 0) is 26.2 Å². The molecule has 0 bridgehead atoms. The van der Waals surface area contributed by atoms with Crippen LogP contribution in [0.1, 0.15) is 26.7 Å². The number of amidine groups is 1. The number of oxime groups is 1. The van der Waals surface area contributed by atoms with Gasteiger partial charge in [0, 0.05) is 25.6 Å². The van der Waals surface area contributed by atoms with Crippen molar-refractivity contribution in [2.75, 3.05) is 13.2 Å². The molecule has 3 unspecified atom stereocenters. The van der Waals surface area contributed by atoms with Crippen molar-refractivity contribution >= 4 is 5.84 Å². The van der Waals surface area contributed by atoms with Gasteiger partial charge in [0.25, 0.3) is 0 Å². The Bertz CT molecular complexity index is 221. The van der Waals surface area contributed by atoms with E-state index in [4.69, 9.17) is 15.7 Å². The quantitative estimate of drug-likeness (QED) is 0.270. The fourth-order valence-electron chi connectivity index (χ4n) is 1.82. The fourth-order valence-corrected chi connectivity index (χ4v) is 1.82. The summed E-state index contributed by atoms with van der Waals surface area (Å²) < 4.78 is 5.47. The predicted octanol–water partition coefficient (Wildman–Crippen LogP) is 0.526. The molecule has 0 radical (unpaired) electrons. The summed E-state index contributed by atoms with van der Waals surface area (Å²) in [4.78, 5) is 0. The third-order valence-electron chi connectivity index (χ3n) is 2.91. The molecule has 88 valence electrons. The number of nitrogens with one attached hydrogen (secondary N) is 1. The molecule has 1 heterocycles. The molecule has 1 aliphatic heterocycles. The maximum absolute atomic E-state index is 8.42. The minimum atomic E-state index is 0.230. The van der Waals surface area contributed by atoms with Crippen molar-refractivity contribution in [2.24, 2.45) is 16.8 Å². The summed E-state index contributed by atoms with van der Waals surface area (Å²) in [5.74, 6) is 0.852. The molecule has 0 amide bonds. The minimum absolute atomic E-state index is 0.230. The van der Waals surface area contributed by atoms with Crippen LogP contribution >= 0.6 is 0 Å². The largest absolute Gasteiger partial charge is 0.409 e. The van der Waals surface area contributed by atoms with Crippen LogP contribution in [0.25, 0.3) is 0 Å². The SMILES string of the molecule is CC(CC(N)=NO)NCC1CCOC1C. The molecule has 1 aliphatic rings. The lowest BCUT2D eigenvalue weighted by molar-refractivity contribution is 0.105. The van der Waals surface area contributed by atoms with Gasteiger partial charge in [-0.3, -0.25) is 0 Å². The Morgan fingerprint density at radius 1 is 1.73 bits per heavy atom. The fraction of sp³-hybridized carbons (Fsp3) is 0.900. The molecule has 1 rings (SSSR count). The van der Waals surface area contributed by atoms with Crippen molar-refractivity contribution in [3.05, 3.63) is 0 Å². The van der Waals surface area contributed by atoms with Crippen LogP contribution in [0.4, 0.5) is 0 Å². The molecular weight excluding hydrogens is 194 g/mol. The van der Waals surface area contributed by atoms with Crippen LogP contribution in [-0.4, -0.2) is 36.3 Å². The number of hydrogen-bond donors (Lipinski definition) is 3. The van der Waals surface area contributed by atoms with Gasteiger partial charge in [-0.25, -0.2) is 0 Å². The molecule has 4 N–H and O–H groups in total. The number of rotatable bonds is 5. The Morgan fingerprint density at radius 2 is 2.47 bits per heavy atom. The zero-order valence-electron chi connectivity index (χ0n) is 9.44. The lowest BCUT2D eigenvalue weighted by atomic mass is 10.0. The summed E-state index contributed by atoms with van der Waals surface area (Å²) in [6, 6.07) is 0.230. The van der Waals surface area contributed by atoms with Crippen molar-refractivity contribution in [3.63, 3.8) is 0 Å². The maximum atomic E-state index is 8.42. The first-order valence-corrected chi connectivity index (χ1v) is 5.45. The molecule has 0 aromatic rings. The van der Waals surface area contributed by atoms with Gasteiger partial charge in [-0.1, -0.05) is 5.16 Å². The van der Waals surface area contributed by atoms with E-state index >= 15 is 0 Å². The Balaban J connectivity index is 2.18. The Morgan fingerprint density at radius 3 is 3.00 bits per heavy atom. The summed E-state index contributed by atoms with van der Waals surface area (Å²) in [6.07, 6.45) is 2.02. The second-order valence-electron chi connectivity index (χ2n) is 4.23. The third-order valence-corrected chi connectivity index (χ3v) is 2.91. The summed E-state index contributed by atoms with van der Waals surface area (Å²) in [5.41, 5.74) is 5.42. The van der Waals surface area contributed by atoms with Crippen LogP contribution in [0.3, 0.4) is 0 Å². The average Bonchev–Trinajstić information content (AvgIpc) is 2.61. The number of nitrogens with zero attached hydrogens (tertiary/aromatic N) is 1. The zero-order valence-corrected chi connectivity index (χ0v) is 9.44. The lowest BCUT2D eigenvalue weighted by Gasteiger charge is -2.18. The van der Waals surface area contributed by atoms with Crippen LogP contribution in [0.2, 0.25) is 0 Å². The van der Waals surface area contributed by atoms with Gasteiger partial charge in [0.2, 0.25) is 0 Å². The van der Waals surface area contributed by atoms with Gasteiger partial charge < -0.3 is 21.0 Å². The van der Waals surface area contributed by atoms with Crippen LogP contribution < -0.4 is 11.1 Å². The van der Waals surface area contributed by atoms with Crippen LogP contribution in [0, 0.1) is 5.92 Å². The van der Waals surface area contributed by atoms with E-state index in [1.807, 2.05) is 6.92 Å². The van der Waals surface area contributed by atoms with Gasteiger partial charge in [-0.2, -0.15) is 0 Å². The molecule has 0 aromatic carbocycles. The van der Waals surface area contributed by atoms with Crippen molar-refractivity contribution in [1.29, 1.82) is 0 Å². The highest BCUT2D eigenvalue weighted by Crippen LogP contribution is 2.19. The van der Waals surface area contributed by atoms with E-state index < -0.39 is 0 Å². The normalized spacial score (nSPS) is 29.3. The van der Waals surface area contributed by atoms with Crippen molar-refractivity contribution in [3.8, 4) is 0 Å². The second kappa shape index (κ2) is 5.92. The monoisotopic (exact) mass is 215 g/mol. The highest BCUT2D eigenvalue weighted by atomic mass is 16.5. The van der Waals surface area contributed by atoms with Gasteiger partial charge in [0.15, 0.2) is 0 Å². The number of nitrogens with two attached hydrogens (primary N) is 1. The van der Waals surface area contributed by atoms with Gasteiger partial charge in [0.1, 0.15) is 5.84 Å². The van der Waals surface area contributed by atoms with Crippen molar-refractivity contribution < 1.29 is 9.94 Å². The van der Waals surface area contributed by atoms with Crippen LogP contribution in [-0.2, 0) is 4.74 Å². The second-order valence-corrected chi connectivity index (χ2v) is 4.23. The standard InChI is InChI=1S/C10H21N3O2/c1-7(5-10(11)13-14)12-6-9-3-4-15-8(9)2/h7-9,12,14H,3-6H2,1-2H3,(H2,11,13). The summed E-state index contributed by atoms with van der Waals surface area (Å²) in [5, 5.41) is 14.7. The molecule has 0 saturated carbocycles. The third kappa shape index (κ3) is 4.05. The Kier molecular flexibility index (Phi) is 4.84. The van der Waals surface area contributed by atoms with E-state index in [-0.39, 0.29) is 11.9 Å². The molecule has 3 atom stereocenters. The lowest BCUT2D eigenvalue weighted by Crippen LogP contribution is -2.36. The van der Waals surface area contributed by atoms with Gasteiger partial charge >= 0.3 is 0 Å². The van der Waals surface area contributed by atoms with Gasteiger partial charge in [0.05, 0.1) is 6.10 Å². The van der Waals surface area contributed by atoms with E-state index in [0.29, 0.717) is 18.4 Å². The van der Waals surface area contributed by atoms with E-state index in [2.05, 4.69) is 17.4 Å².